The molecule has 1 N–H and O–H groups in total. The van der Waals surface area contributed by atoms with Gasteiger partial charge in [0.2, 0.25) is 0 Å². The zero-order valence-corrected chi connectivity index (χ0v) is 18.4. The molecule has 1 aliphatic rings. The smallest absolute Gasteiger partial charge is 0.408 e. The number of hydrogen-bond donors (Lipinski definition) is 1. The van der Waals surface area contributed by atoms with Gasteiger partial charge in [-0.2, -0.15) is 0 Å². The number of aryl methyl sites for hydroxylation is 2. The number of carbonyl (C=O) groups is 1. The van der Waals surface area contributed by atoms with E-state index < -0.39 is 21.7 Å². The van der Waals surface area contributed by atoms with E-state index in [1.165, 1.54) is 3.97 Å². The third-order valence-corrected chi connectivity index (χ3v) is 7.02. The zero-order chi connectivity index (χ0) is 21.7. The standard InChI is InChI=1S/C23H26N2O4S/c1-15-5-7-16(8-6-15)30(27,28)25-14-13-19-17-9-11-20(18(17)10-12-21(19)25)24-22(26)29-23(2,3)4/h5-8,10,12-14,20H,9,11H2,1-4H3,(H,24,26)/t20-/m0/s1. The van der Waals surface area contributed by atoms with Gasteiger partial charge in [-0.05, 0) is 75.9 Å². The Balaban J connectivity index is 1.68. The summed E-state index contributed by atoms with van der Waals surface area (Å²) in [5.74, 6) is 0. The van der Waals surface area contributed by atoms with Gasteiger partial charge in [0.15, 0.2) is 0 Å². The lowest BCUT2D eigenvalue weighted by molar-refractivity contribution is 0.0503. The van der Waals surface area contributed by atoms with Gasteiger partial charge < -0.3 is 10.1 Å². The Bertz CT molecular complexity index is 1220. The van der Waals surface area contributed by atoms with Gasteiger partial charge in [0, 0.05) is 11.6 Å². The molecule has 1 heterocycles. The van der Waals surface area contributed by atoms with E-state index in [4.69, 9.17) is 4.74 Å². The van der Waals surface area contributed by atoms with Crippen molar-refractivity contribution >= 4 is 27.0 Å². The zero-order valence-electron chi connectivity index (χ0n) is 17.6. The minimum Gasteiger partial charge on any atom is -0.444 e. The Morgan fingerprint density at radius 2 is 1.80 bits per heavy atom. The fourth-order valence-electron chi connectivity index (χ4n) is 3.95. The second-order valence-electron chi connectivity index (χ2n) is 8.73. The van der Waals surface area contributed by atoms with Crippen LogP contribution in [0, 0.1) is 6.92 Å². The van der Waals surface area contributed by atoms with Crippen molar-refractivity contribution in [1.82, 2.24) is 9.29 Å². The molecule has 0 aliphatic heterocycles. The quantitative estimate of drug-likeness (QED) is 0.659. The molecule has 1 amide bonds. The van der Waals surface area contributed by atoms with Crippen LogP contribution in [-0.2, 0) is 21.2 Å². The van der Waals surface area contributed by atoms with Crippen molar-refractivity contribution in [2.24, 2.45) is 0 Å². The summed E-state index contributed by atoms with van der Waals surface area (Å²) >= 11 is 0. The minimum atomic E-state index is -3.68. The lowest BCUT2D eigenvalue weighted by Gasteiger charge is -2.22. The molecule has 0 spiro atoms. The minimum absolute atomic E-state index is 0.142. The highest BCUT2D eigenvalue weighted by Crippen LogP contribution is 2.37. The first-order valence-corrected chi connectivity index (χ1v) is 11.4. The maximum atomic E-state index is 13.2. The Morgan fingerprint density at radius 3 is 2.47 bits per heavy atom. The number of nitrogens with one attached hydrogen (secondary N) is 1. The molecular formula is C23H26N2O4S. The molecule has 1 atom stereocenters. The Labute approximate surface area is 176 Å². The van der Waals surface area contributed by atoms with Crippen molar-refractivity contribution in [1.29, 1.82) is 0 Å². The van der Waals surface area contributed by atoms with Crippen LogP contribution in [0.25, 0.3) is 10.9 Å². The molecule has 7 heteroatoms. The molecule has 0 fully saturated rings. The second kappa shape index (κ2) is 7.16. The SMILES string of the molecule is Cc1ccc(S(=O)(=O)n2ccc3c4c(ccc32)[C@@H](NC(=O)OC(C)(C)C)CC4)cc1. The number of rotatable bonds is 3. The number of carbonyl (C=O) groups excluding carboxylic acids is 1. The van der Waals surface area contributed by atoms with E-state index in [1.54, 1.807) is 30.5 Å². The molecule has 0 unspecified atom stereocenters. The van der Waals surface area contributed by atoms with Crippen LogP contribution in [0.3, 0.4) is 0 Å². The molecule has 30 heavy (non-hydrogen) atoms. The van der Waals surface area contributed by atoms with Crippen LogP contribution < -0.4 is 5.32 Å². The number of ether oxygens (including phenoxy) is 1. The van der Waals surface area contributed by atoms with Crippen LogP contribution in [0.2, 0.25) is 0 Å². The van der Waals surface area contributed by atoms with E-state index >= 15 is 0 Å². The van der Waals surface area contributed by atoms with E-state index in [0.29, 0.717) is 5.52 Å². The predicted octanol–water partition coefficient (Wildman–Crippen LogP) is 4.70. The summed E-state index contributed by atoms with van der Waals surface area (Å²) < 4.78 is 33.0. The van der Waals surface area contributed by atoms with Crippen molar-refractivity contribution in [2.45, 2.75) is 57.1 Å². The van der Waals surface area contributed by atoms with Crippen molar-refractivity contribution < 1.29 is 17.9 Å². The van der Waals surface area contributed by atoms with Crippen LogP contribution in [0.4, 0.5) is 4.79 Å². The fraction of sp³-hybridized carbons (Fsp3) is 0.348. The predicted molar refractivity (Wildman–Crippen MR) is 116 cm³/mol. The molecule has 4 rings (SSSR count). The highest BCUT2D eigenvalue weighted by molar-refractivity contribution is 7.90. The third kappa shape index (κ3) is 3.69. The monoisotopic (exact) mass is 426 g/mol. The van der Waals surface area contributed by atoms with Crippen LogP contribution >= 0.6 is 0 Å². The molecular weight excluding hydrogens is 400 g/mol. The molecule has 6 nitrogen and oxygen atoms in total. The third-order valence-electron chi connectivity index (χ3n) is 5.31. The summed E-state index contributed by atoms with van der Waals surface area (Å²) in [6, 6.07) is 12.3. The number of hydrogen-bond acceptors (Lipinski definition) is 4. The molecule has 1 aliphatic carbocycles. The fourth-order valence-corrected chi connectivity index (χ4v) is 5.30. The topological polar surface area (TPSA) is 77.4 Å². The molecule has 1 aromatic heterocycles. The van der Waals surface area contributed by atoms with Gasteiger partial charge in [0.1, 0.15) is 5.60 Å². The van der Waals surface area contributed by atoms with Gasteiger partial charge in [-0.1, -0.05) is 23.8 Å². The molecule has 0 bridgehead atoms. The first-order chi connectivity index (χ1) is 14.1. The van der Waals surface area contributed by atoms with Crippen molar-refractivity contribution in [2.75, 3.05) is 0 Å². The summed E-state index contributed by atoms with van der Waals surface area (Å²) in [7, 11) is -3.68. The molecule has 0 radical (unpaired) electrons. The van der Waals surface area contributed by atoms with Gasteiger partial charge in [-0.15, -0.1) is 0 Å². The van der Waals surface area contributed by atoms with Crippen molar-refractivity contribution in [3.05, 3.63) is 65.4 Å². The van der Waals surface area contributed by atoms with Crippen LogP contribution in [-0.4, -0.2) is 24.1 Å². The number of fused-ring (bicyclic) bond motifs is 3. The van der Waals surface area contributed by atoms with Crippen LogP contribution in [0.5, 0.6) is 0 Å². The number of alkyl carbamates (subject to hydrolysis) is 1. The molecule has 0 saturated carbocycles. The lowest BCUT2D eigenvalue weighted by atomic mass is 10.0. The summed E-state index contributed by atoms with van der Waals surface area (Å²) in [6.07, 6.45) is 2.68. The summed E-state index contributed by atoms with van der Waals surface area (Å²) in [6.45, 7) is 7.41. The van der Waals surface area contributed by atoms with Gasteiger partial charge in [-0.25, -0.2) is 17.2 Å². The molecule has 2 aromatic carbocycles. The number of aromatic nitrogens is 1. The van der Waals surface area contributed by atoms with Gasteiger partial charge >= 0.3 is 6.09 Å². The second-order valence-corrected chi connectivity index (χ2v) is 10.5. The first kappa shape index (κ1) is 20.5. The maximum Gasteiger partial charge on any atom is 0.408 e. The average molecular weight is 427 g/mol. The largest absolute Gasteiger partial charge is 0.444 e. The van der Waals surface area contributed by atoms with E-state index in [-0.39, 0.29) is 10.9 Å². The van der Waals surface area contributed by atoms with Gasteiger partial charge in [-0.3, -0.25) is 0 Å². The number of amides is 1. The Kier molecular flexibility index (Phi) is 4.89. The highest BCUT2D eigenvalue weighted by atomic mass is 32.2. The van der Waals surface area contributed by atoms with Crippen molar-refractivity contribution in [3.63, 3.8) is 0 Å². The van der Waals surface area contributed by atoms with Gasteiger partial charge in [0.05, 0.1) is 16.5 Å². The van der Waals surface area contributed by atoms with Crippen LogP contribution in [0.1, 0.15) is 49.9 Å². The normalized spacial score (nSPS) is 16.5. The van der Waals surface area contributed by atoms with Crippen molar-refractivity contribution in [3.8, 4) is 0 Å². The van der Waals surface area contributed by atoms with E-state index in [2.05, 4.69) is 5.32 Å². The lowest BCUT2D eigenvalue weighted by Crippen LogP contribution is -2.34. The highest BCUT2D eigenvalue weighted by Gasteiger charge is 2.29. The molecule has 0 saturated heterocycles. The molecule has 3 aromatic rings. The first-order valence-electron chi connectivity index (χ1n) is 10.0. The summed E-state index contributed by atoms with van der Waals surface area (Å²) in [5.41, 5.74) is 3.18. The molecule has 158 valence electrons. The van der Waals surface area contributed by atoms with E-state index in [9.17, 15) is 13.2 Å². The summed E-state index contributed by atoms with van der Waals surface area (Å²) in [5, 5.41) is 3.84. The summed E-state index contributed by atoms with van der Waals surface area (Å²) in [4.78, 5) is 12.4. The number of nitrogens with zero attached hydrogens (tertiary/aromatic N) is 1. The van der Waals surface area contributed by atoms with Gasteiger partial charge in [0.25, 0.3) is 10.0 Å². The maximum absolute atomic E-state index is 13.2. The Morgan fingerprint density at radius 1 is 1.10 bits per heavy atom. The van der Waals surface area contributed by atoms with E-state index in [0.717, 1.165) is 34.9 Å². The Hall–Kier alpha value is -2.80. The van der Waals surface area contributed by atoms with Crippen LogP contribution in [0.15, 0.2) is 53.6 Å². The average Bonchev–Trinajstić information content (AvgIpc) is 3.24. The number of benzene rings is 2. The van der Waals surface area contributed by atoms with E-state index in [1.807, 2.05) is 45.9 Å².